The maximum Gasteiger partial charge on any atom is 0.295 e. The number of hydrogen-bond donors (Lipinski definition) is 2. The number of furan rings is 1. The van der Waals surface area contributed by atoms with Crippen molar-refractivity contribution in [2.75, 3.05) is 26.2 Å². The summed E-state index contributed by atoms with van der Waals surface area (Å²) in [6.45, 7) is 9.15. The van der Waals surface area contributed by atoms with Crippen LogP contribution in [0.5, 0.6) is 5.75 Å². The average molecular weight is 426 g/mol. The van der Waals surface area contributed by atoms with Crippen molar-refractivity contribution in [3.63, 3.8) is 0 Å². The van der Waals surface area contributed by atoms with Crippen molar-refractivity contribution < 1.29 is 28.7 Å². The zero-order chi connectivity index (χ0) is 22.1. The molecule has 1 aromatic heterocycles. The summed E-state index contributed by atoms with van der Waals surface area (Å²) in [6.07, 6.45) is 2.32. The van der Waals surface area contributed by atoms with Gasteiger partial charge in [0, 0.05) is 12.0 Å². The van der Waals surface area contributed by atoms with Crippen molar-refractivity contribution in [3.05, 3.63) is 59.1 Å². The number of ketones is 1. The lowest BCUT2D eigenvalue weighted by molar-refractivity contribution is -0.895. The second-order valence-electron chi connectivity index (χ2n) is 8.17. The topological polar surface area (TPSA) is 84.4 Å². The number of nitrogens with zero attached hydrogens (tertiary/aromatic N) is 1. The summed E-state index contributed by atoms with van der Waals surface area (Å²) in [5.41, 5.74) is 1.55. The molecule has 0 aliphatic carbocycles. The first-order valence-corrected chi connectivity index (χ1v) is 10.9. The van der Waals surface area contributed by atoms with Crippen LogP contribution in [0, 0.1) is 0 Å². The monoisotopic (exact) mass is 425 g/mol. The molecular weight excluding hydrogens is 396 g/mol. The highest BCUT2D eigenvalue weighted by Gasteiger charge is 2.47. The summed E-state index contributed by atoms with van der Waals surface area (Å²) in [5.74, 6) is -0.214. The molecule has 0 bridgehead atoms. The van der Waals surface area contributed by atoms with E-state index in [1.165, 1.54) is 16.1 Å². The number of fused-ring (bicyclic) bond motifs is 1. The number of quaternary nitrogens is 1. The Hall–Kier alpha value is -3.06. The fourth-order valence-corrected chi connectivity index (χ4v) is 4.46. The third-order valence-corrected chi connectivity index (χ3v) is 6.23. The molecule has 2 aliphatic rings. The Labute approximate surface area is 181 Å². The summed E-state index contributed by atoms with van der Waals surface area (Å²) in [7, 11) is 0. The lowest BCUT2D eigenvalue weighted by Gasteiger charge is -2.25. The van der Waals surface area contributed by atoms with Gasteiger partial charge in [-0.05, 0) is 56.7 Å². The quantitative estimate of drug-likeness (QED) is 0.402. The first kappa shape index (κ1) is 21.2. The number of Topliss-reactive ketones (excluding diaryl/α,β-unsaturated/α-hetero) is 1. The van der Waals surface area contributed by atoms with Gasteiger partial charge in [-0.2, -0.15) is 0 Å². The molecule has 164 valence electrons. The van der Waals surface area contributed by atoms with Gasteiger partial charge < -0.3 is 24.1 Å². The van der Waals surface area contributed by atoms with Gasteiger partial charge in [0.2, 0.25) is 0 Å². The van der Waals surface area contributed by atoms with E-state index in [9.17, 15) is 14.7 Å². The third kappa shape index (κ3) is 3.85. The van der Waals surface area contributed by atoms with E-state index in [1.54, 1.807) is 24.3 Å². The average Bonchev–Trinajstić information content (AvgIpc) is 3.47. The highest BCUT2D eigenvalue weighted by molar-refractivity contribution is 6.46. The number of likely N-dealkylation sites (tertiary alicyclic amines) is 1. The molecule has 4 rings (SSSR count). The van der Waals surface area contributed by atoms with Crippen LogP contribution in [0.2, 0.25) is 0 Å². The van der Waals surface area contributed by atoms with Gasteiger partial charge in [0.15, 0.2) is 0 Å². The molecule has 1 aromatic carbocycles. The molecule has 3 heterocycles. The molecule has 1 fully saturated rings. The number of carbonyl (C=O) groups excluding carboxylic acids is 2. The first-order valence-electron chi connectivity index (χ1n) is 10.9. The number of nitrogens with one attached hydrogen (secondary N) is 1. The molecule has 7 heteroatoms. The molecule has 2 aromatic rings. The van der Waals surface area contributed by atoms with Gasteiger partial charge >= 0.3 is 0 Å². The molecule has 0 saturated carbocycles. The number of benzene rings is 1. The minimum absolute atomic E-state index is 0.0708. The standard InChI is InChI=1S/C24H28N2O5/c1-4-25(5-2)10-11-26-21(19-7-6-12-30-19)20(23(28)24(26)29)22(27)16-8-9-18-17(14-16)13-15(3)31-18/h6-9,12,14-15,21,27H,4-5,10-11,13H2,1-3H3/p+1/t15-,21-/m1/s1. The van der Waals surface area contributed by atoms with E-state index in [-0.39, 0.29) is 17.4 Å². The molecule has 1 saturated heterocycles. The Morgan fingerprint density at radius 2 is 2.00 bits per heavy atom. The molecule has 2 atom stereocenters. The Kier molecular flexibility index (Phi) is 5.87. The Balaban J connectivity index is 1.74. The fourth-order valence-electron chi connectivity index (χ4n) is 4.46. The minimum Gasteiger partial charge on any atom is -0.507 e. The van der Waals surface area contributed by atoms with Gasteiger partial charge in [-0.3, -0.25) is 9.59 Å². The Bertz CT molecular complexity index is 1010. The number of aliphatic hydroxyl groups is 1. The van der Waals surface area contributed by atoms with E-state index >= 15 is 0 Å². The minimum atomic E-state index is -0.742. The lowest BCUT2D eigenvalue weighted by Crippen LogP contribution is -3.12. The largest absolute Gasteiger partial charge is 0.507 e. The zero-order valence-corrected chi connectivity index (χ0v) is 18.2. The van der Waals surface area contributed by atoms with Crippen molar-refractivity contribution in [3.8, 4) is 5.75 Å². The number of amides is 1. The number of ether oxygens (including phenoxy) is 1. The van der Waals surface area contributed by atoms with E-state index in [0.717, 1.165) is 30.8 Å². The van der Waals surface area contributed by atoms with Crippen LogP contribution in [0.25, 0.3) is 5.76 Å². The predicted octanol–water partition coefficient (Wildman–Crippen LogP) is 1.95. The molecule has 0 spiro atoms. The van der Waals surface area contributed by atoms with Crippen LogP contribution in [-0.2, 0) is 16.0 Å². The predicted molar refractivity (Wildman–Crippen MR) is 115 cm³/mol. The second kappa shape index (κ2) is 8.59. The normalized spacial score (nSPS) is 22.3. The number of likely N-dealkylation sites (N-methyl/N-ethyl adjacent to an activating group) is 1. The Morgan fingerprint density at radius 1 is 1.23 bits per heavy atom. The molecule has 31 heavy (non-hydrogen) atoms. The highest BCUT2D eigenvalue weighted by Crippen LogP contribution is 2.40. The molecular formula is C24H29N2O5+. The molecule has 0 unspecified atom stereocenters. The van der Waals surface area contributed by atoms with E-state index in [4.69, 9.17) is 9.15 Å². The van der Waals surface area contributed by atoms with Crippen LogP contribution in [0.15, 0.2) is 46.6 Å². The van der Waals surface area contributed by atoms with Gasteiger partial charge in [0.1, 0.15) is 29.4 Å². The molecule has 0 radical (unpaired) electrons. The number of aliphatic hydroxyl groups excluding tert-OH is 1. The Morgan fingerprint density at radius 3 is 2.68 bits per heavy atom. The van der Waals surface area contributed by atoms with Crippen molar-refractivity contribution in [2.24, 2.45) is 0 Å². The van der Waals surface area contributed by atoms with Gasteiger partial charge in [-0.15, -0.1) is 0 Å². The van der Waals surface area contributed by atoms with Crippen LogP contribution in [-0.4, -0.2) is 54.0 Å². The van der Waals surface area contributed by atoms with E-state index in [0.29, 0.717) is 24.4 Å². The SMILES string of the molecule is CC[NH+](CC)CCN1C(=O)C(=O)C(=C(O)c2ccc3c(c2)C[C@@H](C)O3)[C@H]1c1ccco1. The van der Waals surface area contributed by atoms with Crippen LogP contribution in [0.1, 0.15) is 43.7 Å². The maximum atomic E-state index is 13.0. The third-order valence-electron chi connectivity index (χ3n) is 6.23. The van der Waals surface area contributed by atoms with Crippen molar-refractivity contribution >= 4 is 17.4 Å². The van der Waals surface area contributed by atoms with Gasteiger partial charge in [0.05, 0.1) is 38.0 Å². The zero-order valence-electron chi connectivity index (χ0n) is 18.2. The summed E-state index contributed by atoms with van der Waals surface area (Å²) in [5, 5.41) is 11.2. The maximum absolute atomic E-state index is 13.0. The summed E-state index contributed by atoms with van der Waals surface area (Å²) in [4.78, 5) is 28.8. The molecule has 1 amide bonds. The highest BCUT2D eigenvalue weighted by atomic mass is 16.5. The van der Waals surface area contributed by atoms with Crippen LogP contribution in [0.3, 0.4) is 0 Å². The molecule has 2 aliphatic heterocycles. The summed E-state index contributed by atoms with van der Waals surface area (Å²) >= 11 is 0. The van der Waals surface area contributed by atoms with E-state index in [2.05, 4.69) is 13.8 Å². The van der Waals surface area contributed by atoms with Gasteiger partial charge in [0.25, 0.3) is 11.7 Å². The van der Waals surface area contributed by atoms with Crippen molar-refractivity contribution in [1.29, 1.82) is 0 Å². The van der Waals surface area contributed by atoms with Gasteiger partial charge in [-0.25, -0.2) is 0 Å². The van der Waals surface area contributed by atoms with E-state index < -0.39 is 17.7 Å². The van der Waals surface area contributed by atoms with Crippen LogP contribution in [0.4, 0.5) is 0 Å². The lowest BCUT2D eigenvalue weighted by atomic mass is 9.97. The smallest absolute Gasteiger partial charge is 0.295 e. The number of hydrogen-bond acceptors (Lipinski definition) is 5. The van der Waals surface area contributed by atoms with E-state index in [1.807, 2.05) is 13.0 Å². The number of rotatable bonds is 7. The first-order chi connectivity index (χ1) is 14.9. The molecule has 7 nitrogen and oxygen atoms in total. The van der Waals surface area contributed by atoms with Gasteiger partial charge in [-0.1, -0.05) is 0 Å². The van der Waals surface area contributed by atoms with Crippen LogP contribution >= 0.6 is 0 Å². The van der Waals surface area contributed by atoms with Crippen LogP contribution < -0.4 is 9.64 Å². The number of carbonyl (C=O) groups is 2. The summed E-state index contributed by atoms with van der Waals surface area (Å²) in [6, 6.07) is 8.07. The van der Waals surface area contributed by atoms with Crippen molar-refractivity contribution in [1.82, 2.24) is 4.90 Å². The van der Waals surface area contributed by atoms with Crippen molar-refractivity contribution in [2.45, 2.75) is 39.3 Å². The summed E-state index contributed by atoms with van der Waals surface area (Å²) < 4.78 is 11.3. The fraction of sp³-hybridized carbons (Fsp3) is 0.417. The second-order valence-corrected chi connectivity index (χ2v) is 8.17. The molecule has 2 N–H and O–H groups in total.